The second-order valence-electron chi connectivity index (χ2n) is 26.7. The van der Waals surface area contributed by atoms with Gasteiger partial charge in [0.2, 0.25) is 6.71 Å². The van der Waals surface area contributed by atoms with Gasteiger partial charge in [0.05, 0.1) is 5.69 Å². The molecule has 0 saturated carbocycles. The smallest absolute Gasteiger partial charge is 0.233 e. The summed E-state index contributed by atoms with van der Waals surface area (Å²) in [5.74, 6) is 0.313. The highest BCUT2D eigenvalue weighted by atomic mass is 32.1. The average molecular weight is 931 g/mol. The third kappa shape index (κ3) is 7.53. The number of fused-ring (bicyclic) bond motifs is 11. The van der Waals surface area contributed by atoms with Crippen LogP contribution in [0.25, 0.3) is 10.1 Å². The highest BCUT2D eigenvalue weighted by Crippen LogP contribution is 2.55. The monoisotopic (exact) mass is 931 g/mol. The molecule has 6 aliphatic rings. The number of rotatable bonds is 3. The van der Waals surface area contributed by atoms with Crippen LogP contribution >= 0.6 is 11.3 Å². The van der Waals surface area contributed by atoms with Crippen molar-refractivity contribution in [2.24, 2.45) is 0 Å². The maximum atomic E-state index is 2.79. The van der Waals surface area contributed by atoms with Gasteiger partial charge in [0.25, 0.3) is 0 Å². The molecule has 2 unspecified atom stereocenters. The summed E-state index contributed by atoms with van der Waals surface area (Å²) in [6.45, 7) is 37.1. The Labute approximate surface area is 421 Å². The molecule has 0 spiro atoms. The molecule has 3 heterocycles. The van der Waals surface area contributed by atoms with Gasteiger partial charge in [-0.1, -0.05) is 143 Å². The molecule has 2 atom stereocenters. The van der Waals surface area contributed by atoms with Gasteiger partial charge in [-0.15, -0.1) is 11.3 Å². The van der Waals surface area contributed by atoms with Gasteiger partial charge in [0, 0.05) is 49.6 Å². The van der Waals surface area contributed by atoms with Crippen LogP contribution in [0.2, 0.25) is 6.32 Å². The van der Waals surface area contributed by atoms with Gasteiger partial charge in [0.1, 0.15) is 0 Å². The Balaban J connectivity index is 1.21. The third-order valence-electron chi connectivity index (χ3n) is 18.8. The van der Waals surface area contributed by atoms with Gasteiger partial charge in [-0.2, -0.15) is 0 Å². The third-order valence-corrected chi connectivity index (χ3v) is 20.0. The highest BCUT2D eigenvalue weighted by molar-refractivity contribution is 7.31. The molecule has 0 radical (unpaired) electrons. The number of thiophene rings is 1. The summed E-state index contributed by atoms with van der Waals surface area (Å²) in [5.41, 5.74) is 22.3. The number of allylic oxidation sites excluding steroid dienone is 7. The zero-order chi connectivity index (χ0) is 49.0. The molecule has 5 aromatic rings. The first-order chi connectivity index (χ1) is 32.4. The minimum Gasteiger partial charge on any atom is -0.335 e. The van der Waals surface area contributed by atoms with Gasteiger partial charge in [-0.25, -0.2) is 0 Å². The summed E-state index contributed by atoms with van der Waals surface area (Å²) in [6, 6.07) is 25.9. The minimum absolute atomic E-state index is 0.0857. The summed E-state index contributed by atoms with van der Waals surface area (Å²) in [6.07, 6.45) is 23.7. The molecule has 4 aliphatic carbocycles. The van der Waals surface area contributed by atoms with E-state index in [0.717, 1.165) is 12.7 Å². The maximum Gasteiger partial charge on any atom is 0.233 e. The van der Waals surface area contributed by atoms with E-state index >= 15 is 0 Å². The fraction of sp³-hybridized carbons (Fsp3) is 0.477. The molecule has 0 N–H and O–H groups in total. The van der Waals surface area contributed by atoms with Crippen molar-refractivity contribution in [1.29, 1.82) is 0 Å². The Kier molecular flexibility index (Phi) is 10.7. The van der Waals surface area contributed by atoms with E-state index in [4.69, 9.17) is 0 Å². The van der Waals surface area contributed by atoms with Crippen molar-refractivity contribution in [3.63, 3.8) is 0 Å². The molecule has 1 aromatic heterocycles. The number of aryl methyl sites for hydroxylation is 1. The minimum atomic E-state index is 0.0857. The molecule has 0 saturated heterocycles. The van der Waals surface area contributed by atoms with Crippen molar-refractivity contribution in [2.75, 3.05) is 9.80 Å². The first kappa shape index (κ1) is 46.8. The van der Waals surface area contributed by atoms with Gasteiger partial charge in [-0.05, 0) is 197 Å². The molecule has 358 valence electrons. The molecular weight excluding hydrogens is 852 g/mol. The number of benzene rings is 4. The van der Waals surface area contributed by atoms with E-state index in [1.807, 2.05) is 0 Å². The zero-order valence-electron chi connectivity index (χ0n) is 44.9. The van der Waals surface area contributed by atoms with Crippen LogP contribution in [-0.2, 0) is 32.5 Å². The molecule has 2 aliphatic heterocycles. The molecule has 0 fully saturated rings. The van der Waals surface area contributed by atoms with Gasteiger partial charge >= 0.3 is 0 Å². The van der Waals surface area contributed by atoms with E-state index in [9.17, 15) is 0 Å². The number of hydrogen-bond acceptors (Lipinski definition) is 3. The molecule has 11 rings (SSSR count). The lowest BCUT2D eigenvalue weighted by Crippen LogP contribution is -2.50. The average Bonchev–Trinajstić information content (AvgIpc) is 3.66. The summed E-state index contributed by atoms with van der Waals surface area (Å²) in [7, 11) is 0. The number of anilines is 4. The predicted octanol–water partition coefficient (Wildman–Crippen LogP) is 17.0. The van der Waals surface area contributed by atoms with E-state index < -0.39 is 0 Å². The van der Waals surface area contributed by atoms with E-state index in [-0.39, 0.29) is 45.2 Å². The van der Waals surface area contributed by atoms with E-state index in [0.29, 0.717) is 5.92 Å². The zero-order valence-corrected chi connectivity index (χ0v) is 45.7. The van der Waals surface area contributed by atoms with Crippen molar-refractivity contribution in [3.8, 4) is 0 Å². The van der Waals surface area contributed by atoms with Crippen molar-refractivity contribution in [1.82, 2.24) is 0 Å². The lowest BCUT2D eigenvalue weighted by atomic mass is 9.39. The SMILES string of the molecule is CC1=CC(C)N(c2cc3c(cc2C2C=CC=CC2)C(C)(C)CCC3(C)C)c2cc(C)ccc2B2CC(=C1)N(c1ccc3c(c1)C(C)(C)CCC3(C)C)c1c2sc2cc3c(cc12)C(C)(C)CCC3(C)C. The van der Waals surface area contributed by atoms with Crippen LogP contribution in [0, 0.1) is 6.92 Å². The first-order valence-electron chi connectivity index (χ1n) is 26.7. The summed E-state index contributed by atoms with van der Waals surface area (Å²) in [5, 5.41) is 1.42. The van der Waals surface area contributed by atoms with Crippen molar-refractivity contribution in [3.05, 3.63) is 153 Å². The molecule has 4 heteroatoms. The second-order valence-corrected chi connectivity index (χ2v) is 27.7. The highest BCUT2D eigenvalue weighted by Gasteiger charge is 2.45. The lowest BCUT2D eigenvalue weighted by Gasteiger charge is -2.45. The fourth-order valence-corrected chi connectivity index (χ4v) is 15.3. The van der Waals surface area contributed by atoms with Gasteiger partial charge in [-0.3, -0.25) is 0 Å². The second kappa shape index (κ2) is 15.7. The first-order valence-corrected chi connectivity index (χ1v) is 27.6. The number of hydrogen-bond donors (Lipinski definition) is 0. The van der Waals surface area contributed by atoms with Crippen molar-refractivity contribution in [2.45, 2.75) is 200 Å². The van der Waals surface area contributed by atoms with E-state index in [1.54, 1.807) is 16.7 Å². The quantitative estimate of drug-likeness (QED) is 0.166. The van der Waals surface area contributed by atoms with Crippen molar-refractivity contribution < 1.29 is 0 Å². The standard InChI is InChI=1S/C65H79BN2S/c1-40-21-24-54-56(33-40)67(55-37-52-50(62(8,9)27-29-64(52,12)13)35-46(55)43-19-17-16-18-20-43)42(3)31-41(2)32-45-39-66(54)59-58(47-36-51-53(38-57(47)69-59)65(14,15)30-28-63(51,10)11)68(45)44-22-23-48-49(34-44)61(6,7)26-25-60(48,4)5/h16-19,21-24,31-38,42-43H,20,25-30,39H2,1-15H3. The lowest BCUT2D eigenvalue weighted by molar-refractivity contribution is 0.331. The molecule has 69 heavy (non-hydrogen) atoms. The Morgan fingerprint density at radius 3 is 1.80 bits per heavy atom. The van der Waals surface area contributed by atoms with E-state index in [2.05, 4.69) is 222 Å². The van der Waals surface area contributed by atoms with Crippen LogP contribution in [0.1, 0.15) is 192 Å². The predicted molar refractivity (Wildman–Crippen MR) is 303 cm³/mol. The molecular formula is C65H79BN2S. The summed E-state index contributed by atoms with van der Waals surface area (Å²) >= 11 is 2.09. The molecule has 2 nitrogen and oxygen atoms in total. The maximum absolute atomic E-state index is 2.79. The molecule has 0 amide bonds. The van der Waals surface area contributed by atoms with Crippen LogP contribution < -0.4 is 20.0 Å². The normalized spacial score (nSPS) is 24.4. The Morgan fingerprint density at radius 1 is 0.594 bits per heavy atom. The largest absolute Gasteiger partial charge is 0.335 e. The summed E-state index contributed by atoms with van der Waals surface area (Å²) < 4.78 is 2.94. The Morgan fingerprint density at radius 2 is 1.17 bits per heavy atom. The van der Waals surface area contributed by atoms with Crippen LogP contribution in [0.3, 0.4) is 0 Å². The molecule has 2 bridgehead atoms. The van der Waals surface area contributed by atoms with Crippen LogP contribution in [0.4, 0.5) is 22.7 Å². The van der Waals surface area contributed by atoms with Crippen molar-refractivity contribution >= 4 is 61.1 Å². The summed E-state index contributed by atoms with van der Waals surface area (Å²) in [4.78, 5) is 5.54. The van der Waals surface area contributed by atoms with Gasteiger partial charge < -0.3 is 9.80 Å². The van der Waals surface area contributed by atoms with E-state index in [1.165, 1.54) is 121 Å². The van der Waals surface area contributed by atoms with Crippen LogP contribution in [-0.4, -0.2) is 12.8 Å². The fourth-order valence-electron chi connectivity index (χ4n) is 14.0. The molecule has 4 aromatic carbocycles. The van der Waals surface area contributed by atoms with Crippen LogP contribution in [0.5, 0.6) is 0 Å². The Bertz CT molecular complexity index is 3080. The van der Waals surface area contributed by atoms with Gasteiger partial charge in [0.15, 0.2) is 0 Å². The topological polar surface area (TPSA) is 6.48 Å². The van der Waals surface area contributed by atoms with Crippen LogP contribution in [0.15, 0.2) is 108 Å². The Hall–Kier alpha value is -4.54. The number of nitrogens with zero attached hydrogens (tertiary/aromatic N) is 2.